The van der Waals surface area contributed by atoms with Gasteiger partial charge in [-0.25, -0.2) is 13.6 Å². The maximum Gasteiger partial charge on any atom is 0.314 e. The number of carbonyl (C=O) groups excluding carboxylic acids is 3. The van der Waals surface area contributed by atoms with E-state index in [1.165, 1.54) is 0 Å². The molecular formula is C19H24F2N2O4. The van der Waals surface area contributed by atoms with E-state index in [4.69, 9.17) is 4.74 Å². The van der Waals surface area contributed by atoms with Gasteiger partial charge in [-0.3, -0.25) is 9.59 Å². The number of hydrogen-bond acceptors (Lipinski definition) is 4. The van der Waals surface area contributed by atoms with Gasteiger partial charge >= 0.3 is 12.0 Å². The zero-order chi connectivity index (χ0) is 19.8. The fourth-order valence-electron chi connectivity index (χ4n) is 3.03. The molecule has 1 aliphatic carbocycles. The van der Waals surface area contributed by atoms with Gasteiger partial charge in [-0.2, -0.15) is 0 Å². The Kier molecular flexibility index (Phi) is 7.69. The fraction of sp³-hybridized carbons (Fsp3) is 0.526. The third kappa shape index (κ3) is 6.62. The average Bonchev–Trinajstić information content (AvgIpc) is 2.61. The van der Waals surface area contributed by atoms with E-state index in [-0.39, 0.29) is 36.6 Å². The van der Waals surface area contributed by atoms with Crippen LogP contribution in [0, 0.1) is 11.6 Å². The van der Waals surface area contributed by atoms with Gasteiger partial charge in [0, 0.05) is 25.1 Å². The molecule has 8 heteroatoms. The molecule has 0 aliphatic heterocycles. The lowest BCUT2D eigenvalue weighted by molar-refractivity contribution is -0.150. The summed E-state index contributed by atoms with van der Waals surface area (Å²) < 4.78 is 31.8. The van der Waals surface area contributed by atoms with Crippen molar-refractivity contribution < 1.29 is 27.9 Å². The Morgan fingerprint density at radius 3 is 2.44 bits per heavy atom. The molecule has 0 unspecified atom stereocenters. The molecular weight excluding hydrogens is 358 g/mol. The van der Waals surface area contributed by atoms with E-state index < -0.39 is 23.4 Å². The van der Waals surface area contributed by atoms with Crippen molar-refractivity contribution in [1.29, 1.82) is 0 Å². The van der Waals surface area contributed by atoms with E-state index in [1.54, 1.807) is 0 Å². The molecule has 1 aliphatic rings. The monoisotopic (exact) mass is 382 g/mol. The number of Topliss-reactive ketones (excluding diaryl/α,β-unsaturated/α-hetero) is 1. The van der Waals surface area contributed by atoms with Crippen molar-refractivity contribution in [3.63, 3.8) is 0 Å². The van der Waals surface area contributed by atoms with Crippen LogP contribution >= 0.6 is 0 Å². The third-order valence-electron chi connectivity index (χ3n) is 4.43. The summed E-state index contributed by atoms with van der Waals surface area (Å²) in [5.74, 6) is -2.79. The van der Waals surface area contributed by atoms with Gasteiger partial charge in [-0.05, 0) is 44.7 Å². The minimum Gasteiger partial charge on any atom is -0.462 e. The second kappa shape index (κ2) is 9.99. The second-order valence-electron chi connectivity index (χ2n) is 6.51. The van der Waals surface area contributed by atoms with E-state index >= 15 is 0 Å². The number of ketones is 1. The van der Waals surface area contributed by atoms with Crippen LogP contribution in [0.2, 0.25) is 0 Å². The Morgan fingerprint density at radius 2 is 1.81 bits per heavy atom. The van der Waals surface area contributed by atoms with Crippen molar-refractivity contribution in [3.05, 3.63) is 35.4 Å². The van der Waals surface area contributed by atoms with E-state index in [0.717, 1.165) is 12.1 Å². The van der Waals surface area contributed by atoms with E-state index in [1.807, 2.05) is 6.92 Å². The number of halogens is 2. The van der Waals surface area contributed by atoms with Crippen LogP contribution in [0.4, 0.5) is 13.6 Å². The van der Waals surface area contributed by atoms with Gasteiger partial charge in [-0.1, -0.05) is 0 Å². The number of carbonyl (C=O) groups is 3. The summed E-state index contributed by atoms with van der Waals surface area (Å²) in [6.07, 6.45) is 2.06. The third-order valence-corrected chi connectivity index (χ3v) is 4.43. The van der Waals surface area contributed by atoms with Gasteiger partial charge in [0.1, 0.15) is 17.7 Å². The standard InChI is InChI=1S/C19H24F2N2O4/c1-2-22-19(26)23-13-4-6-14(7-5-13)27-18(25)10-9-17(24)15-8-3-12(20)11-16(15)21/h3,8,11,13-14H,2,4-7,9-10H2,1H3,(H2,22,23,26). The maximum atomic E-state index is 13.6. The highest BCUT2D eigenvalue weighted by Crippen LogP contribution is 2.22. The lowest BCUT2D eigenvalue weighted by Gasteiger charge is -2.28. The van der Waals surface area contributed by atoms with Crippen LogP contribution in [0.25, 0.3) is 0 Å². The smallest absolute Gasteiger partial charge is 0.314 e. The fourth-order valence-corrected chi connectivity index (χ4v) is 3.03. The molecule has 2 amide bonds. The summed E-state index contributed by atoms with van der Waals surface area (Å²) in [7, 11) is 0. The Balaban J connectivity index is 1.70. The first kappa shape index (κ1) is 20.8. The number of nitrogens with one attached hydrogen (secondary N) is 2. The number of hydrogen-bond donors (Lipinski definition) is 2. The number of ether oxygens (including phenoxy) is 1. The largest absolute Gasteiger partial charge is 0.462 e. The van der Waals surface area contributed by atoms with Crippen LogP contribution < -0.4 is 10.6 Å². The molecule has 2 rings (SSSR count). The predicted octanol–water partition coefficient (Wildman–Crippen LogP) is 3.10. The summed E-state index contributed by atoms with van der Waals surface area (Å²) in [5, 5.41) is 5.53. The molecule has 0 aromatic heterocycles. The van der Waals surface area contributed by atoms with Gasteiger partial charge < -0.3 is 15.4 Å². The van der Waals surface area contributed by atoms with Gasteiger partial charge in [0.05, 0.1) is 12.0 Å². The number of benzene rings is 1. The molecule has 0 saturated heterocycles. The maximum absolute atomic E-state index is 13.6. The second-order valence-corrected chi connectivity index (χ2v) is 6.51. The highest BCUT2D eigenvalue weighted by atomic mass is 19.1. The van der Waals surface area contributed by atoms with Crippen LogP contribution in [0.5, 0.6) is 0 Å². The van der Waals surface area contributed by atoms with Crippen LogP contribution in [0.3, 0.4) is 0 Å². The number of urea groups is 1. The molecule has 0 radical (unpaired) electrons. The van der Waals surface area contributed by atoms with Crippen molar-refractivity contribution in [2.45, 2.75) is 57.6 Å². The van der Waals surface area contributed by atoms with Gasteiger partial charge in [-0.15, -0.1) is 0 Å². The highest BCUT2D eigenvalue weighted by Gasteiger charge is 2.25. The first-order valence-corrected chi connectivity index (χ1v) is 9.11. The molecule has 1 aromatic rings. The van der Waals surface area contributed by atoms with E-state index in [2.05, 4.69) is 10.6 Å². The molecule has 0 bridgehead atoms. The Bertz CT molecular complexity index is 688. The highest BCUT2D eigenvalue weighted by molar-refractivity contribution is 5.97. The summed E-state index contributed by atoms with van der Waals surface area (Å²) in [5.41, 5.74) is -0.235. The lowest BCUT2D eigenvalue weighted by atomic mass is 9.93. The molecule has 148 valence electrons. The molecule has 0 atom stereocenters. The first-order valence-electron chi connectivity index (χ1n) is 9.11. The normalized spacial score (nSPS) is 19.2. The van der Waals surface area contributed by atoms with Crippen LogP contribution in [-0.4, -0.2) is 36.5 Å². The number of esters is 1. The van der Waals surface area contributed by atoms with Crippen molar-refractivity contribution in [2.75, 3.05) is 6.54 Å². The van der Waals surface area contributed by atoms with Gasteiger partial charge in [0.2, 0.25) is 0 Å². The molecule has 0 heterocycles. The molecule has 1 fully saturated rings. The van der Waals surface area contributed by atoms with Crippen LogP contribution in [0.15, 0.2) is 18.2 Å². The number of rotatable bonds is 7. The zero-order valence-corrected chi connectivity index (χ0v) is 15.2. The van der Waals surface area contributed by atoms with Crippen molar-refractivity contribution >= 4 is 17.8 Å². The minimum atomic E-state index is -0.939. The lowest BCUT2D eigenvalue weighted by Crippen LogP contribution is -2.44. The summed E-state index contributed by atoms with van der Waals surface area (Å²) in [6.45, 7) is 2.39. The SMILES string of the molecule is CCNC(=O)NC1CCC(OC(=O)CCC(=O)c2ccc(F)cc2F)CC1. The summed E-state index contributed by atoms with van der Waals surface area (Å²) >= 11 is 0. The molecule has 27 heavy (non-hydrogen) atoms. The minimum absolute atomic E-state index is 0.0505. The average molecular weight is 382 g/mol. The quantitative estimate of drug-likeness (QED) is 0.561. The van der Waals surface area contributed by atoms with Crippen LogP contribution in [-0.2, 0) is 9.53 Å². The molecule has 2 N–H and O–H groups in total. The van der Waals surface area contributed by atoms with Crippen molar-refractivity contribution in [3.8, 4) is 0 Å². The number of amides is 2. The van der Waals surface area contributed by atoms with E-state index in [9.17, 15) is 23.2 Å². The summed E-state index contributed by atoms with van der Waals surface area (Å²) in [6, 6.07) is 2.56. The first-order chi connectivity index (χ1) is 12.9. The molecule has 1 aromatic carbocycles. The predicted molar refractivity (Wildman–Crippen MR) is 94.3 cm³/mol. The van der Waals surface area contributed by atoms with Crippen molar-refractivity contribution in [2.24, 2.45) is 0 Å². The Morgan fingerprint density at radius 1 is 1.11 bits per heavy atom. The van der Waals surface area contributed by atoms with Crippen LogP contribution in [0.1, 0.15) is 55.8 Å². The zero-order valence-electron chi connectivity index (χ0n) is 15.2. The topological polar surface area (TPSA) is 84.5 Å². The van der Waals surface area contributed by atoms with Gasteiger partial charge in [0.25, 0.3) is 0 Å². The molecule has 6 nitrogen and oxygen atoms in total. The van der Waals surface area contributed by atoms with Gasteiger partial charge in [0.15, 0.2) is 5.78 Å². The molecule has 0 spiro atoms. The van der Waals surface area contributed by atoms with Crippen molar-refractivity contribution in [1.82, 2.24) is 10.6 Å². The molecule has 1 saturated carbocycles. The Hall–Kier alpha value is -2.51. The summed E-state index contributed by atoms with van der Waals surface area (Å²) in [4.78, 5) is 35.4. The Labute approximate surface area is 156 Å². The van der Waals surface area contributed by atoms with E-state index in [0.29, 0.717) is 38.3 Å².